The molecule has 4 rings (SSSR count). The molecule has 4 nitrogen and oxygen atoms in total. The molecule has 4 heteroatoms. The molecule has 2 aliphatic carbocycles. The lowest BCUT2D eigenvalue weighted by Crippen LogP contribution is -2.19. The Bertz CT molecular complexity index is 1220. The number of benzene rings is 2. The van der Waals surface area contributed by atoms with Gasteiger partial charge in [0.15, 0.2) is 0 Å². The van der Waals surface area contributed by atoms with Crippen molar-refractivity contribution in [3.8, 4) is 22.3 Å². The van der Waals surface area contributed by atoms with E-state index in [1.807, 2.05) is 18.2 Å². The van der Waals surface area contributed by atoms with E-state index >= 15 is 0 Å². The highest BCUT2D eigenvalue weighted by Crippen LogP contribution is 2.39. The van der Waals surface area contributed by atoms with Gasteiger partial charge in [-0.2, -0.15) is 0 Å². The standard InChI is InChI=1S/C27H24N2O2/c1-18-11-13-23-21(16-25(24(23)14-12-18)19-7-4-3-5-8-19)17-26(30)29-22-10-6-9-20(15-22)27(31)28-2/h3-16H,17H2,1-2H3,(H,28,31)(H,29,30). The lowest BCUT2D eigenvalue weighted by atomic mass is 10.0. The maximum atomic E-state index is 12.9. The van der Waals surface area contributed by atoms with Gasteiger partial charge in [0.2, 0.25) is 5.91 Å². The third kappa shape index (κ3) is 4.48. The second-order valence-corrected chi connectivity index (χ2v) is 7.57. The summed E-state index contributed by atoms with van der Waals surface area (Å²) < 4.78 is 0. The number of anilines is 1. The molecule has 0 bridgehead atoms. The van der Waals surface area contributed by atoms with Gasteiger partial charge in [-0.05, 0) is 59.0 Å². The van der Waals surface area contributed by atoms with Gasteiger partial charge in [0, 0.05) is 18.3 Å². The van der Waals surface area contributed by atoms with Gasteiger partial charge < -0.3 is 10.6 Å². The predicted molar refractivity (Wildman–Crippen MR) is 125 cm³/mol. The van der Waals surface area contributed by atoms with Crippen LogP contribution in [0.2, 0.25) is 0 Å². The molecule has 2 amide bonds. The van der Waals surface area contributed by atoms with Crippen molar-refractivity contribution in [1.82, 2.24) is 5.32 Å². The fourth-order valence-corrected chi connectivity index (χ4v) is 3.77. The molecule has 0 unspecified atom stereocenters. The van der Waals surface area contributed by atoms with Crippen LogP contribution in [0.15, 0.2) is 84.9 Å². The second-order valence-electron chi connectivity index (χ2n) is 7.57. The SMILES string of the molecule is CNC(=O)c1cccc(NC(=O)Cc2cc(-c3ccccc3)c3ccc(C)ccc2-3)c1. The molecular formula is C27H24N2O2. The van der Waals surface area contributed by atoms with Gasteiger partial charge in [-0.1, -0.05) is 66.2 Å². The van der Waals surface area contributed by atoms with Crippen LogP contribution in [0.4, 0.5) is 5.69 Å². The third-order valence-corrected chi connectivity index (χ3v) is 5.34. The number of hydrogen-bond donors (Lipinski definition) is 2. The highest BCUT2D eigenvalue weighted by molar-refractivity contribution is 5.99. The van der Waals surface area contributed by atoms with Crippen molar-refractivity contribution in [3.63, 3.8) is 0 Å². The summed E-state index contributed by atoms with van der Waals surface area (Å²) in [5.74, 6) is -0.308. The summed E-state index contributed by atoms with van der Waals surface area (Å²) in [6.07, 6.45) is 0.247. The Balaban J connectivity index is 1.64. The van der Waals surface area contributed by atoms with Gasteiger partial charge in [-0.15, -0.1) is 0 Å². The van der Waals surface area contributed by atoms with E-state index in [2.05, 4.69) is 60.0 Å². The van der Waals surface area contributed by atoms with E-state index in [0.717, 1.165) is 33.4 Å². The maximum Gasteiger partial charge on any atom is 0.251 e. The molecule has 0 fully saturated rings. The molecule has 0 saturated heterocycles. The zero-order valence-corrected chi connectivity index (χ0v) is 17.6. The summed E-state index contributed by atoms with van der Waals surface area (Å²) in [5, 5.41) is 5.52. The van der Waals surface area contributed by atoms with Crippen LogP contribution in [-0.2, 0) is 11.2 Å². The van der Waals surface area contributed by atoms with Gasteiger partial charge in [0.1, 0.15) is 0 Å². The first kappa shape index (κ1) is 20.4. The number of rotatable bonds is 5. The molecule has 2 aromatic carbocycles. The van der Waals surface area contributed by atoms with Crippen LogP contribution in [-0.4, -0.2) is 18.9 Å². The molecule has 2 aliphatic rings. The minimum Gasteiger partial charge on any atom is -0.355 e. The Morgan fingerprint density at radius 3 is 2.26 bits per heavy atom. The van der Waals surface area contributed by atoms with Crippen molar-refractivity contribution in [3.05, 3.63) is 102 Å². The smallest absolute Gasteiger partial charge is 0.251 e. The summed E-state index contributed by atoms with van der Waals surface area (Å²) in [4.78, 5) is 24.7. The normalized spacial score (nSPS) is 10.6. The molecule has 0 radical (unpaired) electrons. The Morgan fingerprint density at radius 2 is 1.52 bits per heavy atom. The molecule has 0 spiro atoms. The first-order valence-electron chi connectivity index (χ1n) is 10.2. The number of hydrogen-bond acceptors (Lipinski definition) is 2. The molecule has 31 heavy (non-hydrogen) atoms. The van der Waals surface area contributed by atoms with E-state index < -0.39 is 0 Å². The van der Waals surface area contributed by atoms with Crippen LogP contribution in [0, 0.1) is 6.92 Å². The minimum absolute atomic E-state index is 0.121. The quantitative estimate of drug-likeness (QED) is 0.470. The molecule has 0 aliphatic heterocycles. The number of carbonyl (C=O) groups excluding carboxylic acids is 2. The molecule has 0 saturated carbocycles. The Labute approximate surface area is 182 Å². The van der Waals surface area contributed by atoms with Crippen molar-refractivity contribution in [2.75, 3.05) is 12.4 Å². The third-order valence-electron chi connectivity index (χ3n) is 5.34. The maximum absolute atomic E-state index is 12.9. The van der Waals surface area contributed by atoms with E-state index in [4.69, 9.17) is 0 Å². The Morgan fingerprint density at radius 1 is 0.774 bits per heavy atom. The number of amides is 2. The number of aryl methyl sites for hydroxylation is 1. The average molecular weight is 409 g/mol. The van der Waals surface area contributed by atoms with E-state index in [0.29, 0.717) is 11.3 Å². The zero-order valence-electron chi connectivity index (χ0n) is 17.6. The van der Waals surface area contributed by atoms with Crippen molar-refractivity contribution >= 4 is 17.5 Å². The van der Waals surface area contributed by atoms with Crippen LogP contribution in [0.5, 0.6) is 0 Å². The molecule has 0 atom stereocenters. The number of carbonyl (C=O) groups is 2. The Hall–Kier alpha value is -3.92. The number of fused-ring (bicyclic) bond motifs is 1. The molecule has 0 aromatic heterocycles. The molecule has 2 aromatic rings. The van der Waals surface area contributed by atoms with Crippen LogP contribution < -0.4 is 10.6 Å². The fraction of sp³-hybridized carbons (Fsp3) is 0.111. The highest BCUT2D eigenvalue weighted by Gasteiger charge is 2.18. The van der Waals surface area contributed by atoms with Crippen molar-refractivity contribution in [2.45, 2.75) is 13.3 Å². The van der Waals surface area contributed by atoms with Crippen molar-refractivity contribution < 1.29 is 9.59 Å². The lowest BCUT2D eigenvalue weighted by Gasteiger charge is -2.07. The van der Waals surface area contributed by atoms with Crippen LogP contribution in [0.3, 0.4) is 0 Å². The first-order valence-corrected chi connectivity index (χ1v) is 10.2. The summed E-state index contributed by atoms with van der Waals surface area (Å²) >= 11 is 0. The molecule has 0 heterocycles. The van der Waals surface area contributed by atoms with E-state index in [-0.39, 0.29) is 18.2 Å². The van der Waals surface area contributed by atoms with Crippen LogP contribution in [0.1, 0.15) is 21.5 Å². The zero-order chi connectivity index (χ0) is 21.8. The molecule has 154 valence electrons. The van der Waals surface area contributed by atoms with Gasteiger partial charge in [0.25, 0.3) is 5.91 Å². The summed E-state index contributed by atoms with van der Waals surface area (Å²) in [5.41, 5.74) is 7.70. The summed E-state index contributed by atoms with van der Waals surface area (Å²) in [6, 6.07) is 27.7. The van der Waals surface area contributed by atoms with E-state index in [9.17, 15) is 9.59 Å². The van der Waals surface area contributed by atoms with Crippen molar-refractivity contribution in [1.29, 1.82) is 0 Å². The monoisotopic (exact) mass is 408 g/mol. The second kappa shape index (κ2) is 8.84. The van der Waals surface area contributed by atoms with Crippen LogP contribution >= 0.6 is 0 Å². The summed E-state index contributed by atoms with van der Waals surface area (Å²) in [7, 11) is 1.58. The van der Waals surface area contributed by atoms with E-state index in [1.165, 1.54) is 0 Å². The summed E-state index contributed by atoms with van der Waals surface area (Å²) in [6.45, 7) is 2.06. The molecular weight excluding hydrogens is 384 g/mol. The average Bonchev–Trinajstić information content (AvgIpc) is 3.00. The van der Waals surface area contributed by atoms with Crippen molar-refractivity contribution in [2.24, 2.45) is 0 Å². The molecule has 2 N–H and O–H groups in total. The topological polar surface area (TPSA) is 58.2 Å². The minimum atomic E-state index is -0.187. The first-order chi connectivity index (χ1) is 15.0. The number of nitrogens with one attached hydrogen (secondary N) is 2. The van der Waals surface area contributed by atoms with E-state index in [1.54, 1.807) is 31.3 Å². The highest BCUT2D eigenvalue weighted by atomic mass is 16.2. The fourth-order valence-electron chi connectivity index (χ4n) is 3.77. The van der Waals surface area contributed by atoms with Gasteiger partial charge >= 0.3 is 0 Å². The van der Waals surface area contributed by atoms with Gasteiger partial charge in [-0.25, -0.2) is 0 Å². The Kier molecular flexibility index (Phi) is 5.80. The predicted octanol–water partition coefficient (Wildman–Crippen LogP) is 5.31. The van der Waals surface area contributed by atoms with Crippen LogP contribution in [0.25, 0.3) is 22.3 Å². The van der Waals surface area contributed by atoms with Gasteiger partial charge in [0.05, 0.1) is 6.42 Å². The lowest BCUT2D eigenvalue weighted by molar-refractivity contribution is -0.115. The largest absolute Gasteiger partial charge is 0.355 e. The van der Waals surface area contributed by atoms with Gasteiger partial charge in [-0.3, -0.25) is 9.59 Å².